The number of ether oxygens (including phenoxy) is 2. The van der Waals surface area contributed by atoms with Crippen molar-refractivity contribution in [3.05, 3.63) is 0 Å². The fourth-order valence-corrected chi connectivity index (χ4v) is 3.23. The summed E-state index contributed by atoms with van der Waals surface area (Å²) in [6.45, 7) is 6.88. The minimum atomic E-state index is 0. The van der Waals surface area contributed by atoms with Crippen molar-refractivity contribution < 1.29 is 9.47 Å². The zero-order valence-electron chi connectivity index (χ0n) is 12.2. The average molecular weight is 383 g/mol. The molecule has 0 radical (unpaired) electrons. The molecule has 2 aliphatic rings. The molecule has 1 saturated carbocycles. The van der Waals surface area contributed by atoms with E-state index in [1.54, 1.807) is 14.2 Å². The van der Waals surface area contributed by atoms with Crippen LogP contribution in [-0.2, 0) is 9.47 Å². The summed E-state index contributed by atoms with van der Waals surface area (Å²) < 4.78 is 10.8. The summed E-state index contributed by atoms with van der Waals surface area (Å²) in [5.74, 6) is 1.48. The summed E-state index contributed by atoms with van der Waals surface area (Å²) in [5.41, 5.74) is 0.181. The molecule has 3 unspecified atom stereocenters. The van der Waals surface area contributed by atoms with Crippen molar-refractivity contribution in [2.45, 2.75) is 32.4 Å². The number of rotatable bonds is 4. The van der Waals surface area contributed by atoms with Gasteiger partial charge in [-0.25, -0.2) is 0 Å². The number of nitrogens with zero attached hydrogens (tertiary/aromatic N) is 1. The number of guanidine groups is 1. The Morgan fingerprint density at radius 3 is 2.84 bits per heavy atom. The van der Waals surface area contributed by atoms with Gasteiger partial charge in [0, 0.05) is 44.7 Å². The Morgan fingerprint density at radius 2 is 2.21 bits per heavy atom. The van der Waals surface area contributed by atoms with Gasteiger partial charge in [-0.05, 0) is 6.42 Å². The van der Waals surface area contributed by atoms with Crippen molar-refractivity contribution in [3.63, 3.8) is 0 Å². The molecular weight excluding hydrogens is 357 g/mol. The molecule has 0 aromatic rings. The monoisotopic (exact) mass is 383 g/mol. The van der Waals surface area contributed by atoms with Crippen molar-refractivity contribution in [1.82, 2.24) is 10.6 Å². The van der Waals surface area contributed by atoms with E-state index in [0.29, 0.717) is 24.7 Å². The van der Waals surface area contributed by atoms with Crippen molar-refractivity contribution in [1.29, 1.82) is 0 Å². The van der Waals surface area contributed by atoms with Gasteiger partial charge in [0.2, 0.25) is 0 Å². The summed E-state index contributed by atoms with van der Waals surface area (Å²) in [5, 5.41) is 6.79. The van der Waals surface area contributed by atoms with Crippen molar-refractivity contribution >= 4 is 29.9 Å². The standard InChI is InChI=1S/C13H25N3O2.HI/c1-13(2)10(9-5-7-18-11(9)13)16-12(14-3)15-6-8-17-4;/h9-11H,5-8H2,1-4H3,(H2,14,15,16);1H. The van der Waals surface area contributed by atoms with Crippen LogP contribution in [0.25, 0.3) is 0 Å². The molecule has 0 aromatic carbocycles. The van der Waals surface area contributed by atoms with Gasteiger partial charge in [-0.3, -0.25) is 4.99 Å². The Kier molecular flexibility index (Phi) is 6.32. The number of nitrogens with one attached hydrogen (secondary N) is 2. The van der Waals surface area contributed by atoms with E-state index >= 15 is 0 Å². The van der Waals surface area contributed by atoms with E-state index in [1.807, 2.05) is 0 Å². The molecule has 0 amide bonds. The molecule has 3 atom stereocenters. The molecule has 1 aliphatic carbocycles. The maximum absolute atomic E-state index is 5.79. The fourth-order valence-electron chi connectivity index (χ4n) is 3.23. The zero-order chi connectivity index (χ0) is 13.2. The Morgan fingerprint density at radius 1 is 1.47 bits per heavy atom. The van der Waals surface area contributed by atoms with Gasteiger partial charge in [0.25, 0.3) is 0 Å². The number of hydrogen-bond acceptors (Lipinski definition) is 3. The molecule has 19 heavy (non-hydrogen) atoms. The number of methoxy groups -OCH3 is 1. The third-order valence-electron chi connectivity index (χ3n) is 4.21. The normalized spacial score (nSPS) is 32.0. The van der Waals surface area contributed by atoms with Gasteiger partial charge in [-0.15, -0.1) is 24.0 Å². The van der Waals surface area contributed by atoms with Crippen LogP contribution in [0.15, 0.2) is 4.99 Å². The molecule has 5 nitrogen and oxygen atoms in total. The highest BCUT2D eigenvalue weighted by Gasteiger charge is 2.59. The molecule has 0 aromatic heterocycles. The molecule has 2 N–H and O–H groups in total. The van der Waals surface area contributed by atoms with Gasteiger partial charge in [-0.1, -0.05) is 13.8 Å². The van der Waals surface area contributed by atoms with Gasteiger partial charge in [-0.2, -0.15) is 0 Å². The highest BCUT2D eigenvalue weighted by Crippen LogP contribution is 2.51. The van der Waals surface area contributed by atoms with Crippen LogP contribution < -0.4 is 10.6 Å². The van der Waals surface area contributed by atoms with Crippen LogP contribution in [0.5, 0.6) is 0 Å². The van der Waals surface area contributed by atoms with Crippen LogP contribution in [0, 0.1) is 11.3 Å². The van der Waals surface area contributed by atoms with E-state index in [1.165, 1.54) is 0 Å². The maximum Gasteiger partial charge on any atom is 0.191 e. The van der Waals surface area contributed by atoms with Crippen LogP contribution in [-0.4, -0.2) is 52.0 Å². The second kappa shape index (κ2) is 7.08. The lowest BCUT2D eigenvalue weighted by atomic mass is 9.57. The highest BCUT2D eigenvalue weighted by atomic mass is 127. The smallest absolute Gasteiger partial charge is 0.191 e. The number of halogens is 1. The van der Waals surface area contributed by atoms with Crippen molar-refractivity contribution in [3.8, 4) is 0 Å². The molecule has 112 valence electrons. The predicted octanol–water partition coefficient (Wildman–Crippen LogP) is 1.23. The summed E-state index contributed by atoms with van der Waals surface area (Å²) in [6.07, 6.45) is 1.56. The quantitative estimate of drug-likeness (QED) is 0.332. The van der Waals surface area contributed by atoms with E-state index in [2.05, 4.69) is 29.5 Å². The van der Waals surface area contributed by atoms with Crippen LogP contribution in [0.2, 0.25) is 0 Å². The third kappa shape index (κ3) is 3.33. The maximum atomic E-state index is 5.79. The van der Waals surface area contributed by atoms with Gasteiger partial charge in [0.05, 0.1) is 12.7 Å². The summed E-state index contributed by atoms with van der Waals surface area (Å²) in [7, 11) is 3.50. The molecule has 1 saturated heterocycles. The van der Waals surface area contributed by atoms with E-state index in [-0.39, 0.29) is 29.4 Å². The number of hydrogen-bond donors (Lipinski definition) is 2. The molecule has 0 spiro atoms. The van der Waals surface area contributed by atoms with Crippen molar-refractivity contribution in [2.24, 2.45) is 16.3 Å². The van der Waals surface area contributed by atoms with E-state index in [4.69, 9.17) is 9.47 Å². The lowest BCUT2D eigenvalue weighted by Gasteiger charge is -2.54. The lowest BCUT2D eigenvalue weighted by Crippen LogP contribution is -2.68. The number of aliphatic imine (C=N–C) groups is 1. The topological polar surface area (TPSA) is 54.9 Å². The Balaban J connectivity index is 0.00000180. The largest absolute Gasteiger partial charge is 0.383 e. The SMILES string of the molecule is CN=C(NCCOC)NC1C2CCOC2C1(C)C.I. The minimum Gasteiger partial charge on any atom is -0.383 e. The van der Waals surface area contributed by atoms with Crippen LogP contribution >= 0.6 is 24.0 Å². The molecule has 0 bridgehead atoms. The summed E-state index contributed by atoms with van der Waals surface area (Å²) in [6, 6.07) is 0.443. The minimum absolute atomic E-state index is 0. The predicted molar refractivity (Wildman–Crippen MR) is 87.2 cm³/mol. The average Bonchev–Trinajstić information content (AvgIpc) is 2.80. The molecule has 6 heteroatoms. The van der Waals surface area contributed by atoms with E-state index in [0.717, 1.165) is 25.5 Å². The first kappa shape index (κ1) is 17.0. The Hall–Kier alpha value is -0.0800. The molecular formula is C13H26IN3O2. The first-order chi connectivity index (χ1) is 8.61. The van der Waals surface area contributed by atoms with E-state index < -0.39 is 0 Å². The molecule has 1 aliphatic heterocycles. The zero-order valence-corrected chi connectivity index (χ0v) is 14.6. The molecule has 2 rings (SSSR count). The van der Waals surface area contributed by atoms with Crippen LogP contribution in [0.1, 0.15) is 20.3 Å². The van der Waals surface area contributed by atoms with Gasteiger partial charge in [0.1, 0.15) is 0 Å². The van der Waals surface area contributed by atoms with Crippen molar-refractivity contribution in [2.75, 3.05) is 33.9 Å². The van der Waals surface area contributed by atoms with Gasteiger partial charge >= 0.3 is 0 Å². The first-order valence-electron chi connectivity index (χ1n) is 6.69. The van der Waals surface area contributed by atoms with Crippen LogP contribution in [0.4, 0.5) is 0 Å². The van der Waals surface area contributed by atoms with E-state index in [9.17, 15) is 0 Å². The highest BCUT2D eigenvalue weighted by molar-refractivity contribution is 14.0. The second-order valence-corrected chi connectivity index (χ2v) is 5.68. The summed E-state index contributed by atoms with van der Waals surface area (Å²) in [4.78, 5) is 4.26. The third-order valence-corrected chi connectivity index (χ3v) is 4.21. The molecule has 1 heterocycles. The van der Waals surface area contributed by atoms with Gasteiger partial charge < -0.3 is 20.1 Å². The summed E-state index contributed by atoms with van der Waals surface area (Å²) >= 11 is 0. The first-order valence-corrected chi connectivity index (χ1v) is 6.69. The second-order valence-electron chi connectivity index (χ2n) is 5.68. The number of fused-ring (bicyclic) bond motifs is 1. The Bertz CT molecular complexity index is 323. The van der Waals surface area contributed by atoms with Crippen LogP contribution in [0.3, 0.4) is 0 Å². The molecule has 2 fully saturated rings. The van der Waals surface area contributed by atoms with Gasteiger partial charge in [0.15, 0.2) is 5.96 Å². The fraction of sp³-hybridized carbons (Fsp3) is 0.923. The lowest BCUT2D eigenvalue weighted by molar-refractivity contribution is -0.106. The Labute approximate surface area is 132 Å².